The Morgan fingerprint density at radius 1 is 1.17 bits per heavy atom. The summed E-state index contributed by atoms with van der Waals surface area (Å²) in [4.78, 5) is 0. The van der Waals surface area contributed by atoms with E-state index in [0.717, 1.165) is 11.1 Å². The predicted octanol–water partition coefficient (Wildman–Crippen LogP) is 4.11. The molecule has 0 unspecified atom stereocenters. The van der Waals surface area contributed by atoms with Crippen molar-refractivity contribution in [3.05, 3.63) is 58.9 Å². The van der Waals surface area contributed by atoms with E-state index in [-0.39, 0.29) is 5.56 Å². The van der Waals surface area contributed by atoms with E-state index in [4.69, 9.17) is 10.00 Å². The number of halogens is 1. The molecule has 0 N–H and O–H groups in total. The average Bonchev–Trinajstić information content (AvgIpc) is 2.34. The van der Waals surface area contributed by atoms with Gasteiger partial charge in [-0.25, -0.2) is 4.39 Å². The normalized spacial score (nSPS) is 9.89. The minimum absolute atomic E-state index is 0.246. The highest BCUT2D eigenvalue weighted by atomic mass is 19.1. The van der Waals surface area contributed by atoms with Crippen molar-refractivity contribution in [3.63, 3.8) is 0 Å². The summed E-state index contributed by atoms with van der Waals surface area (Å²) in [5, 5.41) is 8.78. The first-order chi connectivity index (χ1) is 8.60. The standard InChI is InChI=1S/C15H12FNO/c1-10-4-3-5-15(11(10)2)18-14-7-12(9-17)6-13(16)8-14/h3-8H,1-2H3. The molecule has 0 aliphatic heterocycles. The third-order valence-electron chi connectivity index (χ3n) is 2.78. The maximum atomic E-state index is 13.3. The van der Waals surface area contributed by atoms with Gasteiger partial charge < -0.3 is 4.74 Å². The molecule has 3 heteroatoms. The van der Waals surface area contributed by atoms with Crippen molar-refractivity contribution in [2.75, 3.05) is 0 Å². The lowest BCUT2D eigenvalue weighted by molar-refractivity contribution is 0.472. The Morgan fingerprint density at radius 2 is 1.94 bits per heavy atom. The van der Waals surface area contributed by atoms with Crippen molar-refractivity contribution in [1.29, 1.82) is 5.26 Å². The number of rotatable bonds is 2. The number of benzene rings is 2. The molecule has 0 spiro atoms. The number of hydrogen-bond acceptors (Lipinski definition) is 2. The Morgan fingerprint density at radius 3 is 2.67 bits per heavy atom. The molecule has 0 atom stereocenters. The minimum Gasteiger partial charge on any atom is -0.457 e. The van der Waals surface area contributed by atoms with Crippen molar-refractivity contribution >= 4 is 0 Å². The van der Waals surface area contributed by atoms with E-state index in [2.05, 4.69) is 0 Å². The van der Waals surface area contributed by atoms with E-state index >= 15 is 0 Å². The zero-order chi connectivity index (χ0) is 13.1. The quantitative estimate of drug-likeness (QED) is 0.792. The molecule has 0 aromatic heterocycles. The van der Waals surface area contributed by atoms with Gasteiger partial charge in [-0.15, -0.1) is 0 Å². The van der Waals surface area contributed by atoms with E-state index in [1.807, 2.05) is 38.1 Å². The molecule has 0 bridgehead atoms. The Hall–Kier alpha value is -2.34. The van der Waals surface area contributed by atoms with Crippen molar-refractivity contribution in [2.45, 2.75) is 13.8 Å². The lowest BCUT2D eigenvalue weighted by Crippen LogP contribution is -1.91. The first-order valence-electron chi connectivity index (χ1n) is 5.55. The van der Waals surface area contributed by atoms with Gasteiger partial charge in [0.1, 0.15) is 17.3 Å². The summed E-state index contributed by atoms with van der Waals surface area (Å²) in [6, 6.07) is 11.5. The van der Waals surface area contributed by atoms with Gasteiger partial charge in [-0.05, 0) is 43.2 Å². The van der Waals surface area contributed by atoms with Crippen molar-refractivity contribution < 1.29 is 9.13 Å². The summed E-state index contributed by atoms with van der Waals surface area (Å²) in [6.07, 6.45) is 0. The number of ether oxygens (including phenoxy) is 1. The highest BCUT2D eigenvalue weighted by Gasteiger charge is 2.06. The van der Waals surface area contributed by atoms with Crippen molar-refractivity contribution in [3.8, 4) is 17.6 Å². The largest absolute Gasteiger partial charge is 0.457 e. The summed E-state index contributed by atoms with van der Waals surface area (Å²) >= 11 is 0. The van der Waals surface area contributed by atoms with E-state index in [9.17, 15) is 4.39 Å². The molecular formula is C15H12FNO. The van der Waals surface area contributed by atoms with Crippen LogP contribution in [0.2, 0.25) is 0 Å². The molecule has 18 heavy (non-hydrogen) atoms. The molecule has 90 valence electrons. The van der Waals surface area contributed by atoms with Crippen LogP contribution in [0.4, 0.5) is 4.39 Å². The summed E-state index contributed by atoms with van der Waals surface area (Å²) in [7, 11) is 0. The zero-order valence-electron chi connectivity index (χ0n) is 10.2. The van der Waals surface area contributed by atoms with Crippen molar-refractivity contribution in [1.82, 2.24) is 0 Å². The third-order valence-corrected chi connectivity index (χ3v) is 2.78. The molecular weight excluding hydrogens is 229 g/mol. The second-order valence-electron chi connectivity index (χ2n) is 4.09. The van der Waals surface area contributed by atoms with Crippen LogP contribution < -0.4 is 4.74 Å². The number of nitriles is 1. The van der Waals surface area contributed by atoms with Crippen LogP contribution in [-0.4, -0.2) is 0 Å². The molecule has 2 aromatic rings. The molecule has 0 saturated heterocycles. The molecule has 0 radical (unpaired) electrons. The molecule has 0 amide bonds. The summed E-state index contributed by atoms with van der Waals surface area (Å²) in [5.41, 5.74) is 2.35. The maximum absolute atomic E-state index is 13.3. The van der Waals surface area contributed by atoms with Gasteiger partial charge in [-0.3, -0.25) is 0 Å². The van der Waals surface area contributed by atoms with Gasteiger partial charge >= 0.3 is 0 Å². The predicted molar refractivity (Wildman–Crippen MR) is 67.1 cm³/mol. The maximum Gasteiger partial charge on any atom is 0.131 e. The molecule has 2 nitrogen and oxygen atoms in total. The first kappa shape index (κ1) is 12.1. The number of aryl methyl sites for hydroxylation is 1. The fourth-order valence-corrected chi connectivity index (χ4v) is 1.65. The molecule has 0 heterocycles. The van der Waals surface area contributed by atoms with Gasteiger partial charge in [0.15, 0.2) is 0 Å². The summed E-state index contributed by atoms with van der Waals surface area (Å²) in [5.74, 6) is 0.527. The third kappa shape index (κ3) is 2.49. The molecule has 0 fully saturated rings. The van der Waals surface area contributed by atoms with Gasteiger partial charge in [-0.2, -0.15) is 5.26 Å². The Kier molecular flexibility index (Phi) is 3.29. The van der Waals surface area contributed by atoms with E-state index in [0.29, 0.717) is 11.5 Å². The van der Waals surface area contributed by atoms with Crippen LogP contribution >= 0.6 is 0 Å². The Bertz CT molecular complexity index is 629. The fraction of sp³-hybridized carbons (Fsp3) is 0.133. The number of nitrogens with zero attached hydrogens (tertiary/aromatic N) is 1. The second kappa shape index (κ2) is 4.89. The summed E-state index contributed by atoms with van der Waals surface area (Å²) in [6.45, 7) is 3.92. The van der Waals surface area contributed by atoms with E-state index in [1.54, 1.807) is 0 Å². The summed E-state index contributed by atoms with van der Waals surface area (Å²) < 4.78 is 18.9. The lowest BCUT2D eigenvalue weighted by atomic mass is 10.1. The lowest BCUT2D eigenvalue weighted by Gasteiger charge is -2.10. The van der Waals surface area contributed by atoms with Crippen LogP contribution in [0.15, 0.2) is 36.4 Å². The van der Waals surface area contributed by atoms with Crippen LogP contribution in [0.3, 0.4) is 0 Å². The van der Waals surface area contributed by atoms with Gasteiger partial charge in [0, 0.05) is 6.07 Å². The van der Waals surface area contributed by atoms with Crippen LogP contribution in [0.1, 0.15) is 16.7 Å². The fourth-order valence-electron chi connectivity index (χ4n) is 1.65. The molecule has 2 aromatic carbocycles. The number of hydrogen-bond donors (Lipinski definition) is 0. The average molecular weight is 241 g/mol. The second-order valence-corrected chi connectivity index (χ2v) is 4.09. The highest BCUT2D eigenvalue weighted by molar-refractivity contribution is 5.43. The zero-order valence-corrected chi connectivity index (χ0v) is 10.2. The van der Waals surface area contributed by atoms with Gasteiger partial charge in [0.2, 0.25) is 0 Å². The van der Waals surface area contributed by atoms with Crippen LogP contribution in [0, 0.1) is 31.0 Å². The van der Waals surface area contributed by atoms with E-state index < -0.39 is 5.82 Å². The Labute approximate surface area is 105 Å². The Balaban J connectivity index is 2.37. The van der Waals surface area contributed by atoms with Crippen LogP contribution in [0.5, 0.6) is 11.5 Å². The first-order valence-corrected chi connectivity index (χ1v) is 5.55. The van der Waals surface area contributed by atoms with Gasteiger partial charge in [0.05, 0.1) is 11.6 Å². The minimum atomic E-state index is -0.477. The topological polar surface area (TPSA) is 33.0 Å². The van der Waals surface area contributed by atoms with Crippen molar-refractivity contribution in [2.24, 2.45) is 0 Å². The molecule has 0 aliphatic rings. The highest BCUT2D eigenvalue weighted by Crippen LogP contribution is 2.27. The van der Waals surface area contributed by atoms with Gasteiger partial charge in [-0.1, -0.05) is 12.1 Å². The molecule has 0 saturated carbocycles. The smallest absolute Gasteiger partial charge is 0.131 e. The van der Waals surface area contributed by atoms with E-state index in [1.165, 1.54) is 18.2 Å². The molecule has 2 rings (SSSR count). The van der Waals surface area contributed by atoms with Gasteiger partial charge in [0.25, 0.3) is 0 Å². The van der Waals surface area contributed by atoms with Crippen LogP contribution in [-0.2, 0) is 0 Å². The van der Waals surface area contributed by atoms with Crippen LogP contribution in [0.25, 0.3) is 0 Å². The molecule has 0 aliphatic carbocycles. The monoisotopic (exact) mass is 241 g/mol. The SMILES string of the molecule is Cc1cccc(Oc2cc(F)cc(C#N)c2)c1C.